The molecular weight excluding hydrogens is 438 g/mol. The molecule has 3 aromatic rings. The van der Waals surface area contributed by atoms with Crippen molar-refractivity contribution in [3.8, 4) is 0 Å². The summed E-state index contributed by atoms with van der Waals surface area (Å²) in [5, 5.41) is 4.14. The molecule has 0 atom stereocenters. The van der Waals surface area contributed by atoms with Crippen molar-refractivity contribution >= 4 is 51.8 Å². The number of ether oxygens (including phenoxy) is 1. The van der Waals surface area contributed by atoms with E-state index in [9.17, 15) is 14.4 Å². The largest absolute Gasteiger partial charge is 0.462 e. The van der Waals surface area contributed by atoms with Gasteiger partial charge < -0.3 is 10.1 Å². The first kappa shape index (κ1) is 22.8. The number of carbonyl (C=O) groups is 2. The van der Waals surface area contributed by atoms with Crippen molar-refractivity contribution in [2.45, 2.75) is 32.0 Å². The second-order valence-corrected chi connectivity index (χ2v) is 7.99. The molecule has 0 bridgehead atoms. The highest BCUT2D eigenvalue weighted by Crippen LogP contribution is 2.22. The van der Waals surface area contributed by atoms with Gasteiger partial charge in [0.2, 0.25) is 5.91 Å². The highest BCUT2D eigenvalue weighted by Gasteiger charge is 2.16. The van der Waals surface area contributed by atoms with Crippen molar-refractivity contribution < 1.29 is 14.3 Å². The maximum atomic E-state index is 12.9. The summed E-state index contributed by atoms with van der Waals surface area (Å²) in [6.07, 6.45) is 0.743. The molecule has 1 heterocycles. The number of hydrogen-bond acceptors (Lipinski definition) is 6. The number of benzene rings is 2. The van der Waals surface area contributed by atoms with Crippen molar-refractivity contribution in [2.75, 3.05) is 17.7 Å². The lowest BCUT2D eigenvalue weighted by atomic mass is 10.2. The van der Waals surface area contributed by atoms with Gasteiger partial charge in [-0.25, -0.2) is 9.78 Å². The highest BCUT2D eigenvalue weighted by molar-refractivity contribution is 7.99. The average Bonchev–Trinajstić information content (AvgIpc) is 2.75. The number of carbonyl (C=O) groups excluding carboxylic acids is 2. The number of rotatable bonds is 8. The van der Waals surface area contributed by atoms with E-state index in [1.807, 2.05) is 6.92 Å². The normalized spacial score (nSPS) is 10.8. The van der Waals surface area contributed by atoms with E-state index < -0.39 is 5.97 Å². The van der Waals surface area contributed by atoms with E-state index >= 15 is 0 Å². The summed E-state index contributed by atoms with van der Waals surface area (Å²) in [5.74, 6) is -0.819. The minimum atomic E-state index is -0.504. The second kappa shape index (κ2) is 10.5. The van der Waals surface area contributed by atoms with Gasteiger partial charge in [-0.15, -0.1) is 0 Å². The Kier molecular flexibility index (Phi) is 7.70. The smallest absolute Gasteiger partial charge is 0.340 e. The molecule has 2 aromatic carbocycles. The zero-order valence-electron chi connectivity index (χ0n) is 17.2. The zero-order valence-corrected chi connectivity index (χ0v) is 18.8. The monoisotopic (exact) mass is 459 g/mol. The fourth-order valence-corrected chi connectivity index (χ4v) is 3.99. The molecule has 7 nitrogen and oxygen atoms in total. The lowest BCUT2D eigenvalue weighted by Crippen LogP contribution is -2.24. The van der Waals surface area contributed by atoms with Crippen molar-refractivity contribution in [3.63, 3.8) is 0 Å². The number of anilines is 1. The Labute approximate surface area is 188 Å². The molecule has 0 aliphatic rings. The van der Waals surface area contributed by atoms with E-state index in [1.165, 1.54) is 0 Å². The number of para-hydroxylation sites is 1. The van der Waals surface area contributed by atoms with Gasteiger partial charge in [0.25, 0.3) is 5.56 Å². The average molecular weight is 460 g/mol. The molecule has 1 N–H and O–H groups in total. The number of fused-ring (bicyclic) bond motifs is 1. The SMILES string of the molecule is CCCn1c(SCC(=O)Nc2ccccc2C(=O)OCC)nc2cc(Cl)ccc2c1=O. The fraction of sp³-hybridized carbons (Fsp3) is 0.273. The molecule has 3 rings (SSSR count). The highest BCUT2D eigenvalue weighted by atomic mass is 35.5. The Morgan fingerprint density at radius 1 is 1.19 bits per heavy atom. The Morgan fingerprint density at radius 2 is 1.97 bits per heavy atom. The molecule has 0 radical (unpaired) electrons. The summed E-state index contributed by atoms with van der Waals surface area (Å²) in [6.45, 7) is 4.41. The first-order valence-electron chi connectivity index (χ1n) is 9.83. The van der Waals surface area contributed by atoms with Gasteiger partial charge in [0.05, 0.1) is 34.5 Å². The summed E-state index contributed by atoms with van der Waals surface area (Å²) in [4.78, 5) is 42.1. The van der Waals surface area contributed by atoms with Crippen molar-refractivity contribution in [1.82, 2.24) is 9.55 Å². The minimum Gasteiger partial charge on any atom is -0.462 e. The number of esters is 1. The van der Waals surface area contributed by atoms with Crippen molar-refractivity contribution in [2.24, 2.45) is 0 Å². The van der Waals surface area contributed by atoms with Crippen LogP contribution in [0.5, 0.6) is 0 Å². The third-order valence-corrected chi connectivity index (χ3v) is 5.57. The summed E-state index contributed by atoms with van der Waals surface area (Å²) >= 11 is 7.20. The lowest BCUT2D eigenvalue weighted by molar-refractivity contribution is -0.113. The zero-order chi connectivity index (χ0) is 22.4. The molecule has 0 saturated heterocycles. The van der Waals surface area contributed by atoms with Gasteiger partial charge in [0.15, 0.2) is 5.16 Å². The third-order valence-electron chi connectivity index (χ3n) is 4.36. The maximum Gasteiger partial charge on any atom is 0.340 e. The van der Waals surface area contributed by atoms with Crippen LogP contribution in [-0.4, -0.2) is 33.8 Å². The van der Waals surface area contributed by atoms with E-state index in [-0.39, 0.29) is 29.4 Å². The van der Waals surface area contributed by atoms with Crippen LogP contribution in [0.1, 0.15) is 30.6 Å². The molecule has 1 aromatic heterocycles. The number of aromatic nitrogens is 2. The van der Waals surface area contributed by atoms with E-state index in [2.05, 4.69) is 10.3 Å². The molecule has 0 spiro atoms. The van der Waals surface area contributed by atoms with Gasteiger partial charge in [-0.3, -0.25) is 14.2 Å². The summed E-state index contributed by atoms with van der Waals surface area (Å²) in [7, 11) is 0. The van der Waals surface area contributed by atoms with Crippen LogP contribution in [0, 0.1) is 0 Å². The topological polar surface area (TPSA) is 90.3 Å². The van der Waals surface area contributed by atoms with Crippen LogP contribution in [0.15, 0.2) is 52.4 Å². The quantitative estimate of drug-likeness (QED) is 0.305. The molecule has 0 unspecified atom stereocenters. The predicted octanol–water partition coefficient (Wildman–Crippen LogP) is 4.37. The van der Waals surface area contributed by atoms with Crippen LogP contribution >= 0.6 is 23.4 Å². The number of hydrogen-bond donors (Lipinski definition) is 1. The Balaban J connectivity index is 1.81. The van der Waals surface area contributed by atoms with E-state index in [1.54, 1.807) is 54.0 Å². The number of halogens is 1. The molecule has 0 aliphatic heterocycles. The van der Waals surface area contributed by atoms with E-state index in [0.717, 1.165) is 18.2 Å². The summed E-state index contributed by atoms with van der Waals surface area (Å²) < 4.78 is 6.60. The van der Waals surface area contributed by atoms with Crippen LogP contribution < -0.4 is 10.9 Å². The Morgan fingerprint density at radius 3 is 2.71 bits per heavy atom. The summed E-state index contributed by atoms with van der Waals surface area (Å²) in [5.41, 5.74) is 0.972. The molecule has 31 heavy (non-hydrogen) atoms. The summed E-state index contributed by atoms with van der Waals surface area (Å²) in [6, 6.07) is 11.6. The van der Waals surface area contributed by atoms with Crippen molar-refractivity contribution in [3.05, 3.63) is 63.4 Å². The first-order chi connectivity index (χ1) is 14.9. The van der Waals surface area contributed by atoms with Gasteiger partial charge in [-0.2, -0.15) is 0 Å². The minimum absolute atomic E-state index is 0.0133. The molecule has 0 fully saturated rings. The van der Waals surface area contributed by atoms with Crippen LogP contribution in [0.2, 0.25) is 5.02 Å². The maximum absolute atomic E-state index is 12.9. The van der Waals surface area contributed by atoms with E-state index in [4.69, 9.17) is 16.3 Å². The molecular formula is C22H22ClN3O4S. The predicted molar refractivity (Wildman–Crippen MR) is 123 cm³/mol. The van der Waals surface area contributed by atoms with Gasteiger partial charge in [0, 0.05) is 11.6 Å². The van der Waals surface area contributed by atoms with Crippen LogP contribution in [0.4, 0.5) is 5.69 Å². The standard InChI is InChI=1S/C22H22ClN3O4S/c1-3-11-26-20(28)15-10-9-14(23)12-18(15)25-22(26)31-13-19(27)24-17-8-6-5-7-16(17)21(29)30-4-2/h5-10,12H,3-4,11,13H2,1-2H3,(H,24,27). The Hall–Kier alpha value is -2.84. The number of nitrogens with one attached hydrogen (secondary N) is 1. The van der Waals surface area contributed by atoms with Crippen LogP contribution in [0.25, 0.3) is 10.9 Å². The van der Waals surface area contributed by atoms with Crippen LogP contribution in [-0.2, 0) is 16.1 Å². The van der Waals surface area contributed by atoms with Crippen LogP contribution in [0.3, 0.4) is 0 Å². The Bertz CT molecular complexity index is 1180. The lowest BCUT2D eigenvalue weighted by Gasteiger charge is -2.13. The van der Waals surface area contributed by atoms with Gasteiger partial charge in [0.1, 0.15) is 0 Å². The number of amides is 1. The van der Waals surface area contributed by atoms with Gasteiger partial charge >= 0.3 is 5.97 Å². The fourth-order valence-electron chi connectivity index (χ4n) is 3.00. The second-order valence-electron chi connectivity index (χ2n) is 6.62. The molecule has 9 heteroatoms. The third kappa shape index (κ3) is 5.45. The van der Waals surface area contributed by atoms with Crippen molar-refractivity contribution in [1.29, 1.82) is 0 Å². The molecule has 1 amide bonds. The first-order valence-corrected chi connectivity index (χ1v) is 11.2. The number of thioether (sulfide) groups is 1. The van der Waals surface area contributed by atoms with Gasteiger partial charge in [-0.05, 0) is 43.7 Å². The van der Waals surface area contributed by atoms with E-state index in [0.29, 0.717) is 33.3 Å². The molecule has 162 valence electrons. The van der Waals surface area contributed by atoms with Gasteiger partial charge in [-0.1, -0.05) is 42.4 Å². The number of nitrogens with zero attached hydrogens (tertiary/aromatic N) is 2. The molecule has 0 saturated carbocycles. The molecule has 0 aliphatic carbocycles.